The predicted octanol–water partition coefficient (Wildman–Crippen LogP) is 6.30. The fraction of sp³-hybridized carbons (Fsp3) is 0.308. The van der Waals surface area contributed by atoms with E-state index in [0.29, 0.717) is 34.1 Å². The van der Waals surface area contributed by atoms with Crippen LogP contribution in [0.2, 0.25) is 5.02 Å². The van der Waals surface area contributed by atoms with Crippen molar-refractivity contribution < 1.29 is 19.4 Å². The van der Waals surface area contributed by atoms with Gasteiger partial charge in [-0.25, -0.2) is 4.79 Å². The quantitative estimate of drug-likeness (QED) is 0.225. The highest BCUT2D eigenvalue weighted by Crippen LogP contribution is 2.29. The lowest BCUT2D eigenvalue weighted by Crippen LogP contribution is -2.20. The highest BCUT2D eigenvalue weighted by Gasteiger charge is 2.16. The fourth-order valence-corrected chi connectivity index (χ4v) is 4.18. The van der Waals surface area contributed by atoms with Crippen LogP contribution in [-0.4, -0.2) is 39.2 Å². The van der Waals surface area contributed by atoms with Crippen LogP contribution >= 0.6 is 11.6 Å². The number of carbonyl (C=O) groups is 1. The first-order valence-corrected chi connectivity index (χ1v) is 12.2. The number of carboxylic acids is 1. The molecule has 3 N–H and O–H groups in total. The molecule has 4 rings (SSSR count). The first kappa shape index (κ1) is 25.2. The van der Waals surface area contributed by atoms with Crippen molar-refractivity contribution in [2.45, 2.75) is 44.6 Å². The minimum atomic E-state index is -1.01. The molecule has 188 valence electrons. The number of aliphatic carboxylic acids is 1. The number of anilines is 3. The van der Waals surface area contributed by atoms with Gasteiger partial charge in [0.15, 0.2) is 0 Å². The van der Waals surface area contributed by atoms with Crippen molar-refractivity contribution in [3.8, 4) is 17.5 Å². The molecule has 36 heavy (non-hydrogen) atoms. The number of ether oxygens (including phenoxy) is 2. The molecule has 0 atom stereocenters. The van der Waals surface area contributed by atoms with Gasteiger partial charge in [0.1, 0.15) is 11.5 Å². The zero-order valence-corrected chi connectivity index (χ0v) is 20.7. The number of rotatable bonds is 9. The summed E-state index contributed by atoms with van der Waals surface area (Å²) in [4.78, 5) is 24.2. The lowest BCUT2D eigenvalue weighted by Gasteiger charge is -2.17. The number of benzene rings is 2. The van der Waals surface area contributed by atoms with Gasteiger partial charge in [-0.1, -0.05) is 49.4 Å². The molecule has 1 saturated carbocycles. The van der Waals surface area contributed by atoms with Crippen LogP contribution in [0.4, 0.5) is 17.6 Å². The normalized spacial score (nSPS) is 14.3. The predicted molar refractivity (Wildman–Crippen MR) is 139 cm³/mol. The molecule has 1 heterocycles. The average molecular weight is 510 g/mol. The Bertz CT molecular complexity index is 1210. The van der Waals surface area contributed by atoms with Gasteiger partial charge in [0.2, 0.25) is 11.9 Å². The third-order valence-electron chi connectivity index (χ3n) is 5.72. The molecule has 0 amide bonds. The van der Waals surface area contributed by atoms with Crippen LogP contribution in [-0.2, 0) is 4.79 Å². The lowest BCUT2D eigenvalue weighted by molar-refractivity contribution is -0.131. The molecule has 0 saturated heterocycles. The van der Waals surface area contributed by atoms with Crippen LogP contribution in [0.3, 0.4) is 0 Å². The first-order chi connectivity index (χ1) is 17.5. The zero-order valence-electron chi connectivity index (χ0n) is 19.9. The Hall–Kier alpha value is -3.85. The Morgan fingerprint density at radius 1 is 1.03 bits per heavy atom. The van der Waals surface area contributed by atoms with Crippen molar-refractivity contribution in [1.82, 2.24) is 15.0 Å². The minimum absolute atomic E-state index is 0.122. The van der Waals surface area contributed by atoms with Crippen LogP contribution in [0.5, 0.6) is 17.5 Å². The van der Waals surface area contributed by atoms with Crippen LogP contribution in [0, 0.1) is 0 Å². The van der Waals surface area contributed by atoms with Crippen LogP contribution in [0.1, 0.15) is 44.1 Å². The Kier molecular flexibility index (Phi) is 8.57. The van der Waals surface area contributed by atoms with E-state index in [1.54, 1.807) is 43.5 Å². The van der Waals surface area contributed by atoms with Crippen molar-refractivity contribution in [2.24, 2.45) is 0 Å². The highest BCUT2D eigenvalue weighted by atomic mass is 35.5. The molecule has 3 aromatic rings. The van der Waals surface area contributed by atoms with Crippen molar-refractivity contribution >= 4 is 41.2 Å². The molecular weight excluding hydrogens is 482 g/mol. The van der Waals surface area contributed by atoms with Crippen LogP contribution in [0.15, 0.2) is 48.5 Å². The molecule has 0 spiro atoms. The largest absolute Gasteiger partial charge is 0.495 e. The van der Waals surface area contributed by atoms with E-state index in [1.807, 2.05) is 6.07 Å². The van der Waals surface area contributed by atoms with Gasteiger partial charge < -0.3 is 25.2 Å². The molecule has 0 radical (unpaired) electrons. The molecule has 10 heteroatoms. The summed E-state index contributed by atoms with van der Waals surface area (Å²) in [5.41, 5.74) is 1.42. The number of hydrogen-bond acceptors (Lipinski definition) is 8. The summed E-state index contributed by atoms with van der Waals surface area (Å²) in [6.45, 7) is 0. The maximum absolute atomic E-state index is 10.7. The molecule has 1 aliphatic rings. The van der Waals surface area contributed by atoms with E-state index in [0.717, 1.165) is 24.5 Å². The smallest absolute Gasteiger partial charge is 0.328 e. The number of aromatic nitrogens is 3. The number of nitrogens with one attached hydrogen (secondary N) is 2. The summed E-state index contributed by atoms with van der Waals surface area (Å²) in [6, 6.07) is 12.7. The van der Waals surface area contributed by atoms with Gasteiger partial charge >= 0.3 is 12.0 Å². The second kappa shape index (κ2) is 12.2. The molecule has 2 aromatic carbocycles. The zero-order chi connectivity index (χ0) is 25.3. The molecule has 9 nitrogen and oxygen atoms in total. The Labute approximate surface area is 214 Å². The molecule has 0 unspecified atom stereocenters. The van der Waals surface area contributed by atoms with Gasteiger partial charge in [-0.15, -0.1) is 0 Å². The van der Waals surface area contributed by atoms with Crippen LogP contribution in [0.25, 0.3) is 6.08 Å². The summed E-state index contributed by atoms with van der Waals surface area (Å²) in [6.07, 6.45) is 9.53. The van der Waals surface area contributed by atoms with Crippen molar-refractivity contribution in [2.75, 3.05) is 17.7 Å². The van der Waals surface area contributed by atoms with Gasteiger partial charge in [-0.05, 0) is 54.8 Å². The summed E-state index contributed by atoms with van der Waals surface area (Å²) in [5, 5.41) is 15.9. The van der Waals surface area contributed by atoms with E-state index < -0.39 is 5.97 Å². The van der Waals surface area contributed by atoms with Crippen LogP contribution < -0.4 is 20.1 Å². The maximum atomic E-state index is 10.7. The summed E-state index contributed by atoms with van der Waals surface area (Å²) in [5.74, 6) is 0.799. The Morgan fingerprint density at radius 3 is 2.42 bits per heavy atom. The lowest BCUT2D eigenvalue weighted by atomic mass is 10.1. The third kappa shape index (κ3) is 7.32. The van der Waals surface area contributed by atoms with Gasteiger partial charge in [0.05, 0.1) is 12.1 Å². The average Bonchev–Trinajstić information content (AvgIpc) is 3.12. The number of halogens is 1. The maximum Gasteiger partial charge on any atom is 0.328 e. The highest BCUT2D eigenvalue weighted by molar-refractivity contribution is 6.32. The van der Waals surface area contributed by atoms with Crippen molar-refractivity contribution in [3.63, 3.8) is 0 Å². The SMILES string of the molecule is COc1ccc(Nc2nc(NC3CCCCCC3)nc(Oc3ccc(/C=C/C(=O)O)cc3)n2)cc1Cl. The minimum Gasteiger partial charge on any atom is -0.495 e. The second-order valence-electron chi connectivity index (χ2n) is 8.42. The summed E-state index contributed by atoms with van der Waals surface area (Å²) in [7, 11) is 1.56. The second-order valence-corrected chi connectivity index (χ2v) is 8.82. The standard InChI is InChI=1S/C26H28ClN5O4/c1-35-22-14-11-19(16-21(22)27)29-25-30-24(28-18-6-4-2-3-5-7-18)31-26(32-25)36-20-12-8-17(9-13-20)10-15-23(33)34/h8-16,18H,2-7H2,1H3,(H,33,34)(H2,28,29,30,31,32)/b15-10+. The molecule has 1 fully saturated rings. The van der Waals surface area contributed by atoms with Gasteiger partial charge in [-0.2, -0.15) is 15.0 Å². The van der Waals surface area contributed by atoms with E-state index >= 15 is 0 Å². The molecule has 1 aliphatic carbocycles. The van der Waals surface area contributed by atoms with Crippen molar-refractivity contribution in [1.29, 1.82) is 0 Å². The molecule has 0 aliphatic heterocycles. The monoisotopic (exact) mass is 509 g/mol. The van der Waals surface area contributed by atoms with Gasteiger partial charge in [0.25, 0.3) is 0 Å². The van der Waals surface area contributed by atoms with E-state index in [-0.39, 0.29) is 12.1 Å². The first-order valence-electron chi connectivity index (χ1n) is 11.8. The van der Waals surface area contributed by atoms with Crippen molar-refractivity contribution in [3.05, 3.63) is 59.1 Å². The third-order valence-corrected chi connectivity index (χ3v) is 6.01. The number of nitrogens with zero attached hydrogens (tertiary/aromatic N) is 3. The Morgan fingerprint density at radius 2 is 1.75 bits per heavy atom. The number of hydrogen-bond donors (Lipinski definition) is 3. The van der Waals surface area contributed by atoms with Gasteiger partial charge in [-0.3, -0.25) is 0 Å². The fourth-order valence-electron chi connectivity index (χ4n) is 3.92. The van der Waals surface area contributed by atoms with E-state index in [9.17, 15) is 4.79 Å². The van der Waals surface area contributed by atoms with E-state index in [1.165, 1.54) is 31.8 Å². The molecule has 1 aromatic heterocycles. The van der Waals surface area contributed by atoms with E-state index in [4.69, 9.17) is 26.2 Å². The topological polar surface area (TPSA) is 118 Å². The van der Waals surface area contributed by atoms with Gasteiger partial charge in [0, 0.05) is 17.8 Å². The Balaban J connectivity index is 1.57. The van der Waals surface area contributed by atoms with E-state index in [2.05, 4.69) is 25.6 Å². The molecular formula is C26H28ClN5O4. The molecule has 0 bridgehead atoms. The number of methoxy groups -OCH3 is 1. The summed E-state index contributed by atoms with van der Waals surface area (Å²) < 4.78 is 11.1. The number of carboxylic acid groups (broad SMARTS) is 1. The summed E-state index contributed by atoms with van der Waals surface area (Å²) >= 11 is 6.27.